The standard InChI is InChI=1S/C18H21N5OS/c1-23-11-12(10-21-23)4-3-7-20-17(24)14-8-16(13-5-6-13)22-18(25-2)15(14)9-19/h8,10-11,13H,3-7H2,1-2H3,(H,20,24). The summed E-state index contributed by atoms with van der Waals surface area (Å²) in [4.78, 5) is 17.1. The highest BCUT2D eigenvalue weighted by atomic mass is 32.2. The highest BCUT2D eigenvalue weighted by Gasteiger charge is 2.28. The zero-order valence-corrected chi connectivity index (χ0v) is 15.3. The minimum atomic E-state index is -0.192. The number of carbonyl (C=O) groups excluding carboxylic acids is 1. The molecule has 1 fully saturated rings. The van der Waals surface area contributed by atoms with E-state index in [4.69, 9.17) is 0 Å². The van der Waals surface area contributed by atoms with Gasteiger partial charge in [-0.1, -0.05) is 0 Å². The van der Waals surface area contributed by atoms with Crippen molar-refractivity contribution in [2.75, 3.05) is 12.8 Å². The molecule has 0 aliphatic heterocycles. The van der Waals surface area contributed by atoms with Crippen LogP contribution in [0.3, 0.4) is 0 Å². The summed E-state index contributed by atoms with van der Waals surface area (Å²) < 4.78 is 1.77. The van der Waals surface area contributed by atoms with Crippen LogP contribution in [-0.2, 0) is 13.5 Å². The molecule has 3 rings (SSSR count). The van der Waals surface area contributed by atoms with Gasteiger partial charge in [-0.25, -0.2) is 4.98 Å². The van der Waals surface area contributed by atoms with Gasteiger partial charge in [-0.05, 0) is 43.6 Å². The number of pyridine rings is 1. The van der Waals surface area contributed by atoms with Crippen molar-refractivity contribution in [1.82, 2.24) is 20.1 Å². The van der Waals surface area contributed by atoms with Crippen molar-refractivity contribution in [3.8, 4) is 6.07 Å². The average molecular weight is 355 g/mol. The first-order valence-corrected chi connectivity index (χ1v) is 9.59. The van der Waals surface area contributed by atoms with Gasteiger partial charge in [0, 0.05) is 31.4 Å². The number of nitrogens with one attached hydrogen (secondary N) is 1. The topological polar surface area (TPSA) is 83.6 Å². The van der Waals surface area contributed by atoms with E-state index in [1.165, 1.54) is 11.8 Å². The Balaban J connectivity index is 1.66. The molecule has 1 aliphatic rings. The molecule has 0 spiro atoms. The molecule has 7 heteroatoms. The van der Waals surface area contributed by atoms with E-state index in [-0.39, 0.29) is 5.91 Å². The van der Waals surface area contributed by atoms with Gasteiger partial charge in [-0.15, -0.1) is 11.8 Å². The van der Waals surface area contributed by atoms with E-state index in [1.54, 1.807) is 10.7 Å². The zero-order chi connectivity index (χ0) is 17.8. The number of amides is 1. The second-order valence-corrected chi connectivity index (χ2v) is 7.04. The van der Waals surface area contributed by atoms with Gasteiger partial charge in [0.1, 0.15) is 11.1 Å². The van der Waals surface area contributed by atoms with Crippen LogP contribution < -0.4 is 5.32 Å². The molecule has 1 saturated carbocycles. The van der Waals surface area contributed by atoms with Crippen LogP contribution in [0.25, 0.3) is 0 Å². The molecule has 2 aromatic heterocycles. The minimum Gasteiger partial charge on any atom is -0.352 e. The fourth-order valence-corrected chi connectivity index (χ4v) is 3.31. The summed E-state index contributed by atoms with van der Waals surface area (Å²) in [6, 6.07) is 3.94. The van der Waals surface area contributed by atoms with Crippen LogP contribution in [0.5, 0.6) is 0 Å². The fourth-order valence-electron chi connectivity index (χ4n) is 2.75. The van der Waals surface area contributed by atoms with Crippen molar-refractivity contribution >= 4 is 17.7 Å². The molecule has 0 atom stereocenters. The third kappa shape index (κ3) is 4.20. The van der Waals surface area contributed by atoms with Gasteiger partial charge in [0.25, 0.3) is 5.91 Å². The van der Waals surface area contributed by atoms with Crippen molar-refractivity contribution in [1.29, 1.82) is 5.26 Å². The van der Waals surface area contributed by atoms with Crippen LogP contribution in [0.4, 0.5) is 0 Å². The lowest BCUT2D eigenvalue weighted by atomic mass is 10.1. The molecular weight excluding hydrogens is 334 g/mol. The Labute approximate surface area is 151 Å². The molecule has 0 radical (unpaired) electrons. The number of thioether (sulfide) groups is 1. The first kappa shape index (κ1) is 17.5. The normalized spacial score (nSPS) is 13.5. The number of aromatic nitrogens is 3. The van der Waals surface area contributed by atoms with Gasteiger partial charge in [-0.2, -0.15) is 10.4 Å². The van der Waals surface area contributed by atoms with Crippen molar-refractivity contribution in [2.24, 2.45) is 7.05 Å². The van der Waals surface area contributed by atoms with Crippen LogP contribution >= 0.6 is 11.8 Å². The summed E-state index contributed by atoms with van der Waals surface area (Å²) in [5.74, 6) is 0.248. The van der Waals surface area contributed by atoms with Crippen molar-refractivity contribution in [3.05, 3.63) is 40.8 Å². The van der Waals surface area contributed by atoms with Crippen LogP contribution in [0, 0.1) is 11.3 Å². The van der Waals surface area contributed by atoms with Crippen molar-refractivity contribution in [3.63, 3.8) is 0 Å². The Morgan fingerprint density at radius 3 is 2.92 bits per heavy atom. The number of nitriles is 1. The third-order valence-corrected chi connectivity index (χ3v) is 4.92. The van der Waals surface area contributed by atoms with E-state index in [0.717, 1.165) is 36.9 Å². The number of hydrogen-bond donors (Lipinski definition) is 1. The van der Waals surface area contributed by atoms with Crippen LogP contribution in [-0.4, -0.2) is 33.5 Å². The monoisotopic (exact) mass is 355 g/mol. The maximum Gasteiger partial charge on any atom is 0.252 e. The molecule has 1 N–H and O–H groups in total. The molecule has 130 valence electrons. The van der Waals surface area contributed by atoms with E-state index in [9.17, 15) is 10.1 Å². The van der Waals surface area contributed by atoms with E-state index < -0.39 is 0 Å². The number of rotatable bonds is 7. The van der Waals surface area contributed by atoms with E-state index >= 15 is 0 Å². The minimum absolute atomic E-state index is 0.192. The maximum absolute atomic E-state index is 12.6. The second-order valence-electron chi connectivity index (χ2n) is 6.25. The highest BCUT2D eigenvalue weighted by molar-refractivity contribution is 7.98. The summed E-state index contributed by atoms with van der Waals surface area (Å²) in [6.45, 7) is 0.564. The molecule has 2 aromatic rings. The molecule has 1 aliphatic carbocycles. The van der Waals surface area contributed by atoms with Gasteiger partial charge >= 0.3 is 0 Å². The van der Waals surface area contributed by atoms with Crippen LogP contribution in [0.1, 0.15) is 52.4 Å². The van der Waals surface area contributed by atoms with Gasteiger partial charge in [0.15, 0.2) is 0 Å². The molecule has 2 heterocycles. The Morgan fingerprint density at radius 1 is 1.52 bits per heavy atom. The van der Waals surface area contributed by atoms with Gasteiger partial charge in [-0.3, -0.25) is 9.48 Å². The van der Waals surface area contributed by atoms with E-state index in [0.29, 0.717) is 28.6 Å². The predicted molar refractivity (Wildman–Crippen MR) is 96.6 cm³/mol. The molecule has 1 amide bonds. The molecule has 0 saturated heterocycles. The number of carbonyl (C=O) groups is 1. The largest absolute Gasteiger partial charge is 0.352 e. The molecule has 25 heavy (non-hydrogen) atoms. The van der Waals surface area contributed by atoms with Crippen molar-refractivity contribution < 1.29 is 4.79 Å². The highest BCUT2D eigenvalue weighted by Crippen LogP contribution is 2.40. The number of hydrogen-bond acceptors (Lipinski definition) is 5. The molecule has 0 unspecified atom stereocenters. The number of aryl methyl sites for hydroxylation is 2. The van der Waals surface area contributed by atoms with E-state index in [2.05, 4.69) is 21.5 Å². The van der Waals surface area contributed by atoms with Gasteiger partial charge in [0.05, 0.1) is 17.3 Å². The predicted octanol–water partition coefficient (Wildman–Crippen LogP) is 2.65. The quantitative estimate of drug-likeness (QED) is 0.610. The summed E-state index contributed by atoms with van der Waals surface area (Å²) in [7, 11) is 1.89. The Bertz CT molecular complexity index is 819. The maximum atomic E-state index is 12.6. The average Bonchev–Trinajstić information content (AvgIpc) is 3.39. The first-order chi connectivity index (χ1) is 12.1. The Morgan fingerprint density at radius 2 is 2.32 bits per heavy atom. The lowest BCUT2D eigenvalue weighted by molar-refractivity contribution is 0.0952. The van der Waals surface area contributed by atoms with Crippen LogP contribution in [0.2, 0.25) is 0 Å². The van der Waals surface area contributed by atoms with Gasteiger partial charge < -0.3 is 5.32 Å². The number of nitrogens with zero attached hydrogens (tertiary/aromatic N) is 4. The molecule has 0 bridgehead atoms. The fraction of sp³-hybridized carbons (Fsp3) is 0.444. The van der Waals surface area contributed by atoms with Gasteiger partial charge in [0.2, 0.25) is 0 Å². The smallest absolute Gasteiger partial charge is 0.252 e. The Hall–Kier alpha value is -2.33. The van der Waals surface area contributed by atoms with Crippen LogP contribution in [0.15, 0.2) is 23.5 Å². The van der Waals surface area contributed by atoms with E-state index in [1.807, 2.05) is 25.7 Å². The summed E-state index contributed by atoms with van der Waals surface area (Å²) in [6.07, 6.45) is 9.61. The summed E-state index contributed by atoms with van der Waals surface area (Å²) >= 11 is 1.42. The zero-order valence-electron chi connectivity index (χ0n) is 14.5. The lowest BCUT2D eigenvalue weighted by Crippen LogP contribution is -2.26. The summed E-state index contributed by atoms with van der Waals surface area (Å²) in [5.41, 5.74) is 2.91. The molecule has 0 aromatic carbocycles. The SMILES string of the molecule is CSc1nc(C2CC2)cc(C(=O)NCCCc2cnn(C)c2)c1C#N. The second kappa shape index (κ2) is 7.70. The Kier molecular flexibility index (Phi) is 5.39. The first-order valence-electron chi connectivity index (χ1n) is 8.37. The van der Waals surface area contributed by atoms with Crippen molar-refractivity contribution in [2.45, 2.75) is 36.6 Å². The third-order valence-electron chi connectivity index (χ3n) is 4.24. The molecular formula is C18H21N5OS. The lowest BCUT2D eigenvalue weighted by Gasteiger charge is -2.11. The molecule has 6 nitrogen and oxygen atoms in total. The summed E-state index contributed by atoms with van der Waals surface area (Å²) in [5, 5.41) is 17.2.